The van der Waals surface area contributed by atoms with Crippen LogP contribution in [-0.2, 0) is 0 Å². The maximum absolute atomic E-state index is 5.53. The minimum atomic E-state index is 0.168. The van der Waals surface area contributed by atoms with Crippen LogP contribution in [0.5, 0.6) is 5.75 Å². The van der Waals surface area contributed by atoms with Crippen LogP contribution in [0.15, 0.2) is 46.9 Å². The van der Waals surface area contributed by atoms with Crippen LogP contribution in [0.3, 0.4) is 0 Å². The molecule has 0 saturated carbocycles. The molecule has 0 bridgehead atoms. The van der Waals surface area contributed by atoms with Gasteiger partial charge >= 0.3 is 0 Å². The van der Waals surface area contributed by atoms with E-state index in [0.29, 0.717) is 6.61 Å². The number of rotatable bonds is 5. The number of ether oxygens (including phenoxy) is 1. The Bertz CT molecular complexity index is 583. The highest BCUT2D eigenvalue weighted by molar-refractivity contribution is 9.10. The maximum atomic E-state index is 5.53. The third kappa shape index (κ3) is 3.22. The molecule has 0 aliphatic heterocycles. The first-order valence-corrected chi connectivity index (χ1v) is 7.61. The Morgan fingerprint density at radius 2 is 1.90 bits per heavy atom. The standard InChI is InChI=1S/C17H20BrNO/c1-4-20-13-9-10-15(16(18)11-13)17(19-3)14-8-6-5-7-12(14)2/h5-11,17,19H,4H2,1-3H3. The van der Waals surface area contributed by atoms with E-state index in [9.17, 15) is 0 Å². The summed E-state index contributed by atoms with van der Waals surface area (Å²) < 4.78 is 6.60. The summed E-state index contributed by atoms with van der Waals surface area (Å²) in [6, 6.07) is 14.8. The van der Waals surface area contributed by atoms with Crippen LogP contribution >= 0.6 is 15.9 Å². The molecule has 3 heteroatoms. The Kier molecular flexibility index (Phi) is 5.21. The molecule has 2 nitrogen and oxygen atoms in total. The molecule has 0 aliphatic carbocycles. The first kappa shape index (κ1) is 15.1. The molecule has 1 unspecified atom stereocenters. The van der Waals surface area contributed by atoms with Crippen molar-refractivity contribution in [2.75, 3.05) is 13.7 Å². The van der Waals surface area contributed by atoms with Crippen molar-refractivity contribution in [1.82, 2.24) is 5.32 Å². The minimum absolute atomic E-state index is 0.168. The molecule has 0 heterocycles. The highest BCUT2D eigenvalue weighted by Crippen LogP contribution is 2.32. The van der Waals surface area contributed by atoms with Crippen LogP contribution in [0.25, 0.3) is 0 Å². The number of halogens is 1. The smallest absolute Gasteiger partial charge is 0.120 e. The Morgan fingerprint density at radius 1 is 1.15 bits per heavy atom. The summed E-state index contributed by atoms with van der Waals surface area (Å²) in [5.41, 5.74) is 3.79. The molecule has 0 aromatic heterocycles. The highest BCUT2D eigenvalue weighted by Gasteiger charge is 2.16. The number of hydrogen-bond donors (Lipinski definition) is 1. The quantitative estimate of drug-likeness (QED) is 0.871. The van der Waals surface area contributed by atoms with Crippen LogP contribution in [0, 0.1) is 6.92 Å². The Labute approximate surface area is 129 Å². The summed E-state index contributed by atoms with van der Waals surface area (Å²) in [7, 11) is 1.99. The van der Waals surface area contributed by atoms with Crippen LogP contribution in [0.2, 0.25) is 0 Å². The molecule has 1 atom stereocenters. The Hall–Kier alpha value is -1.32. The van der Waals surface area contributed by atoms with Gasteiger partial charge in [-0.15, -0.1) is 0 Å². The fourth-order valence-corrected chi connectivity index (χ4v) is 2.97. The first-order chi connectivity index (χ1) is 9.67. The van der Waals surface area contributed by atoms with Gasteiger partial charge in [0.15, 0.2) is 0 Å². The summed E-state index contributed by atoms with van der Waals surface area (Å²) in [5, 5.41) is 3.40. The van der Waals surface area contributed by atoms with E-state index in [0.717, 1.165) is 10.2 Å². The van der Waals surface area contributed by atoms with E-state index in [1.54, 1.807) is 0 Å². The fourth-order valence-electron chi connectivity index (χ4n) is 2.39. The summed E-state index contributed by atoms with van der Waals surface area (Å²) in [4.78, 5) is 0. The van der Waals surface area contributed by atoms with Gasteiger partial charge in [-0.05, 0) is 49.7 Å². The van der Waals surface area contributed by atoms with Crippen molar-refractivity contribution in [3.8, 4) is 5.75 Å². The van der Waals surface area contributed by atoms with Crippen molar-refractivity contribution >= 4 is 15.9 Å². The van der Waals surface area contributed by atoms with Gasteiger partial charge in [0.05, 0.1) is 12.6 Å². The lowest BCUT2D eigenvalue weighted by molar-refractivity contribution is 0.340. The molecule has 0 fully saturated rings. The largest absolute Gasteiger partial charge is 0.494 e. The van der Waals surface area contributed by atoms with E-state index < -0.39 is 0 Å². The Balaban J connectivity index is 2.40. The number of hydrogen-bond acceptors (Lipinski definition) is 2. The van der Waals surface area contributed by atoms with Crippen molar-refractivity contribution in [3.63, 3.8) is 0 Å². The first-order valence-electron chi connectivity index (χ1n) is 6.82. The third-order valence-electron chi connectivity index (χ3n) is 3.38. The zero-order valence-corrected chi connectivity index (χ0v) is 13.7. The van der Waals surface area contributed by atoms with Gasteiger partial charge in [-0.1, -0.05) is 46.3 Å². The molecule has 2 aromatic rings. The van der Waals surface area contributed by atoms with Crippen molar-refractivity contribution in [3.05, 3.63) is 63.6 Å². The lowest BCUT2D eigenvalue weighted by Crippen LogP contribution is -2.19. The third-order valence-corrected chi connectivity index (χ3v) is 4.07. The summed E-state index contributed by atoms with van der Waals surface area (Å²) in [6.45, 7) is 4.81. The SMILES string of the molecule is CCOc1ccc(C(NC)c2ccccc2C)c(Br)c1. The average molecular weight is 334 g/mol. The van der Waals surface area contributed by atoms with Gasteiger partial charge in [0.25, 0.3) is 0 Å². The zero-order valence-electron chi connectivity index (χ0n) is 12.1. The molecule has 106 valence electrons. The zero-order chi connectivity index (χ0) is 14.5. The van der Waals surface area contributed by atoms with Gasteiger partial charge in [0.1, 0.15) is 5.75 Å². The monoisotopic (exact) mass is 333 g/mol. The van der Waals surface area contributed by atoms with Crippen molar-refractivity contribution in [2.24, 2.45) is 0 Å². The van der Waals surface area contributed by atoms with Gasteiger partial charge in [0.2, 0.25) is 0 Å². The summed E-state index contributed by atoms with van der Waals surface area (Å²) in [5.74, 6) is 0.891. The van der Waals surface area contributed by atoms with Gasteiger partial charge in [-0.3, -0.25) is 0 Å². The topological polar surface area (TPSA) is 21.3 Å². The normalized spacial score (nSPS) is 12.2. The molecule has 0 amide bonds. The van der Waals surface area contributed by atoms with Gasteiger partial charge in [-0.25, -0.2) is 0 Å². The Morgan fingerprint density at radius 3 is 2.50 bits per heavy atom. The highest BCUT2D eigenvalue weighted by atomic mass is 79.9. The average Bonchev–Trinajstić information content (AvgIpc) is 2.44. The second-order valence-electron chi connectivity index (χ2n) is 4.69. The lowest BCUT2D eigenvalue weighted by Gasteiger charge is -2.21. The van der Waals surface area contributed by atoms with E-state index in [2.05, 4.69) is 58.5 Å². The van der Waals surface area contributed by atoms with E-state index in [1.807, 2.05) is 26.1 Å². The molecule has 1 N–H and O–H groups in total. The lowest BCUT2D eigenvalue weighted by atomic mass is 9.95. The van der Waals surface area contributed by atoms with E-state index in [4.69, 9.17) is 4.74 Å². The van der Waals surface area contributed by atoms with Crippen molar-refractivity contribution in [2.45, 2.75) is 19.9 Å². The second-order valence-corrected chi connectivity index (χ2v) is 5.55. The van der Waals surface area contributed by atoms with Crippen molar-refractivity contribution < 1.29 is 4.74 Å². The van der Waals surface area contributed by atoms with E-state index in [-0.39, 0.29) is 6.04 Å². The molecule has 2 rings (SSSR count). The van der Waals surface area contributed by atoms with Crippen LogP contribution in [0.4, 0.5) is 0 Å². The van der Waals surface area contributed by atoms with E-state index in [1.165, 1.54) is 16.7 Å². The summed E-state index contributed by atoms with van der Waals surface area (Å²) >= 11 is 3.66. The molecule has 0 saturated heterocycles. The number of benzene rings is 2. The van der Waals surface area contributed by atoms with Crippen LogP contribution < -0.4 is 10.1 Å². The van der Waals surface area contributed by atoms with Crippen LogP contribution in [0.1, 0.15) is 29.7 Å². The summed E-state index contributed by atoms with van der Waals surface area (Å²) in [6.07, 6.45) is 0. The number of aryl methyl sites for hydroxylation is 1. The fraction of sp³-hybridized carbons (Fsp3) is 0.294. The van der Waals surface area contributed by atoms with E-state index >= 15 is 0 Å². The second kappa shape index (κ2) is 6.91. The van der Waals surface area contributed by atoms with Gasteiger partial charge in [0, 0.05) is 4.47 Å². The predicted molar refractivity (Wildman–Crippen MR) is 87.4 cm³/mol. The minimum Gasteiger partial charge on any atom is -0.494 e. The maximum Gasteiger partial charge on any atom is 0.120 e. The molecule has 20 heavy (non-hydrogen) atoms. The molecule has 0 aliphatic rings. The molecule has 0 radical (unpaired) electrons. The van der Waals surface area contributed by atoms with Crippen molar-refractivity contribution in [1.29, 1.82) is 0 Å². The van der Waals surface area contributed by atoms with Gasteiger partial charge < -0.3 is 10.1 Å². The number of nitrogens with one attached hydrogen (secondary N) is 1. The molecular formula is C17H20BrNO. The molecule has 2 aromatic carbocycles. The van der Waals surface area contributed by atoms with Gasteiger partial charge in [-0.2, -0.15) is 0 Å². The molecular weight excluding hydrogens is 314 g/mol. The molecule has 0 spiro atoms. The van der Waals surface area contributed by atoms with Crippen LogP contribution in [-0.4, -0.2) is 13.7 Å². The predicted octanol–water partition coefficient (Wildman–Crippen LogP) is 4.47.